The average molecular weight is 273 g/mol. The van der Waals surface area contributed by atoms with Crippen LogP contribution in [0.25, 0.3) is 0 Å². The molecule has 0 aromatic carbocycles. The molecule has 1 amide bonds. The molecule has 5 nitrogen and oxygen atoms in total. The van der Waals surface area contributed by atoms with E-state index in [2.05, 4.69) is 28.2 Å². The van der Waals surface area contributed by atoms with Gasteiger partial charge in [-0.3, -0.25) is 4.79 Å². The molecular weight excluding hydrogens is 250 g/mol. The van der Waals surface area contributed by atoms with Gasteiger partial charge < -0.3 is 20.7 Å². The SMILES string of the molecule is CC(NC=S)NC(=O)[C@@H]1C[C@@H](OC(C)(C)C)CN1. The van der Waals surface area contributed by atoms with Gasteiger partial charge in [0.15, 0.2) is 0 Å². The Kier molecular flexibility index (Phi) is 5.49. The summed E-state index contributed by atoms with van der Waals surface area (Å²) in [5, 5.41) is 8.86. The van der Waals surface area contributed by atoms with Gasteiger partial charge in [-0.05, 0) is 34.1 Å². The first kappa shape index (κ1) is 15.3. The summed E-state index contributed by atoms with van der Waals surface area (Å²) >= 11 is 4.67. The molecule has 1 unspecified atom stereocenters. The number of nitrogens with one attached hydrogen (secondary N) is 3. The molecule has 0 aromatic rings. The maximum absolute atomic E-state index is 11.9. The van der Waals surface area contributed by atoms with Gasteiger partial charge in [0.25, 0.3) is 0 Å². The predicted molar refractivity (Wildman–Crippen MR) is 75.4 cm³/mol. The van der Waals surface area contributed by atoms with Gasteiger partial charge in [-0.2, -0.15) is 0 Å². The van der Waals surface area contributed by atoms with E-state index in [1.54, 1.807) is 0 Å². The summed E-state index contributed by atoms with van der Waals surface area (Å²) < 4.78 is 5.85. The number of thiocarbonyl (C=S) groups is 1. The number of rotatable bonds is 5. The summed E-state index contributed by atoms with van der Waals surface area (Å²) in [5.74, 6) is -0.0214. The van der Waals surface area contributed by atoms with Gasteiger partial charge in [0.1, 0.15) is 0 Å². The van der Waals surface area contributed by atoms with Crippen molar-refractivity contribution in [2.45, 2.75) is 58.0 Å². The second kappa shape index (κ2) is 6.45. The van der Waals surface area contributed by atoms with Crippen LogP contribution in [0, 0.1) is 0 Å². The van der Waals surface area contributed by atoms with Crippen LogP contribution in [0.1, 0.15) is 34.1 Å². The molecule has 0 radical (unpaired) electrons. The topological polar surface area (TPSA) is 62.4 Å². The molecule has 6 heteroatoms. The molecule has 1 rings (SSSR count). The highest BCUT2D eigenvalue weighted by molar-refractivity contribution is 7.78. The molecule has 0 saturated carbocycles. The molecule has 104 valence electrons. The lowest BCUT2D eigenvalue weighted by Crippen LogP contribution is -2.49. The van der Waals surface area contributed by atoms with Crippen molar-refractivity contribution < 1.29 is 9.53 Å². The lowest BCUT2D eigenvalue weighted by molar-refractivity contribution is -0.124. The van der Waals surface area contributed by atoms with Crippen molar-refractivity contribution in [3.8, 4) is 0 Å². The third-order valence-electron chi connectivity index (χ3n) is 2.60. The molecule has 0 bridgehead atoms. The zero-order valence-corrected chi connectivity index (χ0v) is 12.3. The van der Waals surface area contributed by atoms with E-state index in [1.807, 2.05) is 27.7 Å². The molecule has 1 aliphatic rings. The van der Waals surface area contributed by atoms with Crippen LogP contribution in [0.3, 0.4) is 0 Å². The first-order valence-electron chi connectivity index (χ1n) is 6.23. The Bertz CT molecular complexity index is 304. The molecule has 1 saturated heterocycles. The first-order valence-corrected chi connectivity index (χ1v) is 6.70. The van der Waals surface area contributed by atoms with Crippen molar-refractivity contribution in [3.05, 3.63) is 0 Å². The molecule has 3 atom stereocenters. The summed E-state index contributed by atoms with van der Waals surface area (Å²) in [6.45, 7) is 8.62. The minimum absolute atomic E-state index is 0.0214. The number of hydrogen-bond acceptors (Lipinski definition) is 4. The summed E-state index contributed by atoms with van der Waals surface area (Å²) in [6.07, 6.45) is 0.641. The second-order valence-electron chi connectivity index (χ2n) is 5.56. The van der Waals surface area contributed by atoms with E-state index in [0.717, 1.165) is 0 Å². The highest BCUT2D eigenvalue weighted by Gasteiger charge is 2.32. The van der Waals surface area contributed by atoms with Gasteiger partial charge >= 0.3 is 0 Å². The van der Waals surface area contributed by atoms with Crippen molar-refractivity contribution in [2.75, 3.05) is 6.54 Å². The number of carbonyl (C=O) groups excluding carboxylic acids is 1. The third kappa shape index (κ3) is 5.29. The largest absolute Gasteiger partial charge is 0.371 e. The van der Waals surface area contributed by atoms with Gasteiger partial charge in [0.2, 0.25) is 5.91 Å². The Balaban J connectivity index is 2.37. The van der Waals surface area contributed by atoms with Crippen molar-refractivity contribution >= 4 is 23.6 Å². The second-order valence-corrected chi connectivity index (χ2v) is 5.80. The third-order valence-corrected chi connectivity index (χ3v) is 2.74. The molecule has 0 spiro atoms. The highest BCUT2D eigenvalue weighted by Crippen LogP contribution is 2.18. The van der Waals surface area contributed by atoms with Crippen LogP contribution in [0.5, 0.6) is 0 Å². The van der Waals surface area contributed by atoms with Crippen molar-refractivity contribution in [2.24, 2.45) is 0 Å². The smallest absolute Gasteiger partial charge is 0.238 e. The Morgan fingerprint density at radius 1 is 1.56 bits per heavy atom. The summed E-state index contributed by atoms with van der Waals surface area (Å²) in [4.78, 5) is 11.9. The van der Waals surface area contributed by atoms with Crippen molar-refractivity contribution in [1.29, 1.82) is 0 Å². The summed E-state index contributed by atoms with van der Waals surface area (Å²) in [5.41, 5.74) is 1.22. The fraction of sp³-hybridized carbons (Fsp3) is 0.833. The van der Waals surface area contributed by atoms with Gasteiger partial charge in [-0.1, -0.05) is 12.2 Å². The molecule has 0 aromatic heterocycles. The van der Waals surface area contributed by atoms with E-state index in [9.17, 15) is 4.79 Å². The minimum atomic E-state index is -0.188. The Hall–Kier alpha value is -0.720. The Morgan fingerprint density at radius 2 is 2.22 bits per heavy atom. The summed E-state index contributed by atoms with van der Waals surface area (Å²) in [7, 11) is 0. The standard InChI is InChI=1S/C12H23N3O2S/c1-8(14-7-18)15-11(16)10-5-9(6-13-10)17-12(2,3)4/h7-10,13H,5-6H2,1-4H3,(H,14,18)(H,15,16)/t8?,9-,10+/m1/s1. The predicted octanol–water partition coefficient (Wildman–Crippen LogP) is 0.541. The van der Waals surface area contributed by atoms with Crippen LogP contribution in [-0.2, 0) is 9.53 Å². The van der Waals surface area contributed by atoms with E-state index in [-0.39, 0.29) is 29.8 Å². The summed E-state index contributed by atoms with van der Waals surface area (Å²) in [6, 6.07) is -0.188. The fourth-order valence-electron chi connectivity index (χ4n) is 1.95. The maximum atomic E-state index is 11.9. The zero-order valence-electron chi connectivity index (χ0n) is 11.4. The van der Waals surface area contributed by atoms with Crippen LogP contribution in [0.2, 0.25) is 0 Å². The van der Waals surface area contributed by atoms with Gasteiger partial charge in [-0.25, -0.2) is 0 Å². The fourth-order valence-corrected chi connectivity index (χ4v) is 2.15. The van der Waals surface area contributed by atoms with Crippen LogP contribution in [0.4, 0.5) is 0 Å². The zero-order chi connectivity index (χ0) is 13.8. The number of amides is 1. The lowest BCUT2D eigenvalue weighted by atomic mass is 10.1. The van der Waals surface area contributed by atoms with Gasteiger partial charge in [0.05, 0.1) is 29.4 Å². The molecule has 1 aliphatic heterocycles. The Morgan fingerprint density at radius 3 is 2.78 bits per heavy atom. The van der Waals surface area contributed by atoms with Gasteiger partial charge in [0, 0.05) is 6.54 Å². The number of hydrogen-bond donors (Lipinski definition) is 3. The van der Waals surface area contributed by atoms with E-state index in [0.29, 0.717) is 13.0 Å². The molecular formula is C12H23N3O2S. The highest BCUT2D eigenvalue weighted by atomic mass is 32.1. The van der Waals surface area contributed by atoms with Crippen LogP contribution < -0.4 is 16.0 Å². The van der Waals surface area contributed by atoms with E-state index in [4.69, 9.17) is 4.74 Å². The van der Waals surface area contributed by atoms with Gasteiger partial charge in [-0.15, -0.1) is 0 Å². The molecule has 1 heterocycles. The van der Waals surface area contributed by atoms with Crippen molar-refractivity contribution in [1.82, 2.24) is 16.0 Å². The molecule has 3 N–H and O–H groups in total. The first-order chi connectivity index (χ1) is 8.31. The quantitative estimate of drug-likeness (QED) is 0.504. The Labute approximate surface area is 114 Å². The molecule has 0 aliphatic carbocycles. The van der Waals surface area contributed by atoms with Crippen molar-refractivity contribution in [3.63, 3.8) is 0 Å². The minimum Gasteiger partial charge on any atom is -0.371 e. The van der Waals surface area contributed by atoms with E-state index < -0.39 is 0 Å². The van der Waals surface area contributed by atoms with Crippen LogP contribution >= 0.6 is 12.2 Å². The molecule has 1 fully saturated rings. The average Bonchev–Trinajstić information content (AvgIpc) is 2.63. The van der Waals surface area contributed by atoms with Crippen LogP contribution in [-0.4, -0.2) is 41.9 Å². The van der Waals surface area contributed by atoms with E-state index in [1.165, 1.54) is 5.49 Å². The maximum Gasteiger partial charge on any atom is 0.238 e. The lowest BCUT2D eigenvalue weighted by Gasteiger charge is -2.24. The number of ether oxygens (including phenoxy) is 1. The van der Waals surface area contributed by atoms with Crippen LogP contribution in [0.15, 0.2) is 0 Å². The number of carbonyl (C=O) groups is 1. The monoisotopic (exact) mass is 273 g/mol. The van der Waals surface area contributed by atoms with E-state index >= 15 is 0 Å². The normalized spacial score (nSPS) is 25.6. The molecule has 18 heavy (non-hydrogen) atoms.